The number of ether oxygens (including phenoxy) is 2. The van der Waals surface area contributed by atoms with E-state index >= 15 is 0 Å². The lowest BCUT2D eigenvalue weighted by atomic mass is 9.86. The van der Waals surface area contributed by atoms with Gasteiger partial charge in [-0.2, -0.15) is 0 Å². The summed E-state index contributed by atoms with van der Waals surface area (Å²) in [5.74, 6) is 1.56. The third-order valence-electron chi connectivity index (χ3n) is 5.04. The molecule has 2 heterocycles. The third-order valence-corrected chi connectivity index (χ3v) is 5.98. The molecule has 8 heteroatoms. The van der Waals surface area contributed by atoms with E-state index in [0.717, 1.165) is 11.1 Å². The molecule has 0 spiro atoms. The van der Waals surface area contributed by atoms with Crippen LogP contribution in [0.2, 0.25) is 0 Å². The molecule has 1 aromatic heterocycles. The van der Waals surface area contributed by atoms with Crippen molar-refractivity contribution >= 4 is 23.5 Å². The Morgan fingerprint density at radius 2 is 1.94 bits per heavy atom. The van der Waals surface area contributed by atoms with Gasteiger partial charge < -0.3 is 19.8 Å². The summed E-state index contributed by atoms with van der Waals surface area (Å²) in [6, 6.07) is 15.4. The molecule has 0 saturated heterocycles. The van der Waals surface area contributed by atoms with Crippen LogP contribution in [0.3, 0.4) is 0 Å². The van der Waals surface area contributed by atoms with Gasteiger partial charge >= 0.3 is 0 Å². The van der Waals surface area contributed by atoms with E-state index < -0.39 is 5.92 Å². The molecule has 0 fully saturated rings. The average molecular weight is 438 g/mol. The highest BCUT2D eigenvalue weighted by molar-refractivity contribution is 7.98. The second-order valence-corrected chi connectivity index (χ2v) is 8.02. The fourth-order valence-electron chi connectivity index (χ4n) is 3.61. The first-order valence-electron chi connectivity index (χ1n) is 10.0. The minimum atomic E-state index is -0.419. The Morgan fingerprint density at radius 3 is 2.68 bits per heavy atom. The van der Waals surface area contributed by atoms with E-state index in [2.05, 4.69) is 15.3 Å². The number of nitrogens with one attached hydrogen (secondary N) is 2. The molecule has 0 bridgehead atoms. The fourth-order valence-corrected chi connectivity index (χ4v) is 4.42. The summed E-state index contributed by atoms with van der Waals surface area (Å²) in [6.45, 7) is 2.41. The minimum absolute atomic E-state index is 0.158. The average Bonchev–Trinajstić information content (AvgIpc) is 2.78. The van der Waals surface area contributed by atoms with E-state index in [-0.39, 0.29) is 17.9 Å². The van der Waals surface area contributed by atoms with E-state index in [4.69, 9.17) is 9.47 Å². The first-order valence-corrected chi connectivity index (χ1v) is 11.0. The first kappa shape index (κ1) is 21.0. The van der Waals surface area contributed by atoms with Gasteiger partial charge in [-0.25, -0.2) is 4.98 Å². The highest BCUT2D eigenvalue weighted by atomic mass is 32.2. The molecule has 1 atom stereocenters. The van der Waals surface area contributed by atoms with Crippen molar-refractivity contribution in [2.45, 2.75) is 30.2 Å². The van der Waals surface area contributed by atoms with Crippen LogP contribution in [0.15, 0.2) is 58.5 Å². The van der Waals surface area contributed by atoms with Crippen molar-refractivity contribution in [1.29, 1.82) is 0 Å². The Morgan fingerprint density at radius 1 is 1.13 bits per heavy atom. The molecule has 0 aliphatic carbocycles. The van der Waals surface area contributed by atoms with Crippen molar-refractivity contribution < 1.29 is 14.3 Å². The van der Waals surface area contributed by atoms with Gasteiger partial charge in [-0.05, 0) is 30.2 Å². The monoisotopic (exact) mass is 437 g/mol. The minimum Gasteiger partial charge on any atom is -0.493 e. The van der Waals surface area contributed by atoms with Crippen LogP contribution in [0.4, 0.5) is 5.82 Å². The maximum absolute atomic E-state index is 13.0. The van der Waals surface area contributed by atoms with Gasteiger partial charge in [0.2, 0.25) is 5.91 Å². The Hall–Kier alpha value is -3.26. The van der Waals surface area contributed by atoms with Gasteiger partial charge in [0.05, 0.1) is 19.3 Å². The number of hydrogen-bond acceptors (Lipinski definition) is 6. The predicted octanol–water partition coefficient (Wildman–Crippen LogP) is 3.94. The lowest BCUT2D eigenvalue weighted by molar-refractivity contribution is -0.116. The fraction of sp³-hybridized carbons (Fsp3) is 0.261. The molecule has 0 radical (unpaired) electrons. The number of aromatic nitrogens is 2. The summed E-state index contributed by atoms with van der Waals surface area (Å²) >= 11 is 1.42. The quantitative estimate of drug-likeness (QED) is 0.430. The van der Waals surface area contributed by atoms with Crippen molar-refractivity contribution in [3.8, 4) is 11.5 Å². The van der Waals surface area contributed by atoms with Gasteiger partial charge in [0.1, 0.15) is 5.82 Å². The lowest BCUT2D eigenvalue weighted by Crippen LogP contribution is -2.31. The number of benzene rings is 2. The molecular formula is C23H23N3O4S. The number of fused-ring (bicyclic) bond motifs is 1. The van der Waals surface area contributed by atoms with Crippen LogP contribution in [0.5, 0.6) is 11.5 Å². The summed E-state index contributed by atoms with van der Waals surface area (Å²) in [4.78, 5) is 32.8. The molecule has 160 valence electrons. The van der Waals surface area contributed by atoms with Crippen molar-refractivity contribution in [1.82, 2.24) is 9.97 Å². The lowest BCUT2D eigenvalue weighted by Gasteiger charge is -2.25. The van der Waals surface area contributed by atoms with Crippen LogP contribution in [0.1, 0.15) is 36.0 Å². The highest BCUT2D eigenvalue weighted by Crippen LogP contribution is 2.38. The number of carbonyl (C=O) groups excluding carboxylic acids is 1. The first-order chi connectivity index (χ1) is 15.1. The summed E-state index contributed by atoms with van der Waals surface area (Å²) in [5, 5.41) is 3.23. The number of rotatable bonds is 7. The standard InChI is InChI=1S/C23H23N3O4S/c1-3-30-17-10-9-15(11-18(17)29-2)16-12-19(27)24-21-20(16)22(28)26-23(25-21)31-13-14-7-5-4-6-8-14/h4-11,16H,3,12-13H2,1-2H3,(H2,24,25,26,27,28). The van der Waals surface area contributed by atoms with Gasteiger partial charge in [0.15, 0.2) is 16.7 Å². The number of amides is 1. The smallest absolute Gasteiger partial charge is 0.257 e. The normalized spacial score (nSPS) is 15.2. The number of aromatic amines is 1. The van der Waals surface area contributed by atoms with Gasteiger partial charge in [-0.3, -0.25) is 9.59 Å². The zero-order valence-corrected chi connectivity index (χ0v) is 18.1. The Balaban J connectivity index is 1.66. The summed E-state index contributed by atoms with van der Waals surface area (Å²) in [6.07, 6.45) is 0.158. The van der Waals surface area contributed by atoms with Crippen LogP contribution in [0.25, 0.3) is 0 Å². The van der Waals surface area contributed by atoms with E-state index in [1.165, 1.54) is 11.8 Å². The maximum atomic E-state index is 13.0. The molecular weight excluding hydrogens is 414 g/mol. The SMILES string of the molecule is CCOc1ccc(C2CC(=O)Nc3nc(SCc4ccccc4)[nH]c(=O)c32)cc1OC. The predicted molar refractivity (Wildman–Crippen MR) is 120 cm³/mol. The molecule has 1 aliphatic rings. The molecule has 1 aliphatic heterocycles. The van der Waals surface area contributed by atoms with Gasteiger partial charge in [0, 0.05) is 18.1 Å². The number of nitrogens with zero attached hydrogens (tertiary/aromatic N) is 1. The van der Waals surface area contributed by atoms with E-state index in [1.54, 1.807) is 13.2 Å². The number of H-pyrrole nitrogens is 1. The van der Waals surface area contributed by atoms with Gasteiger partial charge in [0.25, 0.3) is 5.56 Å². The van der Waals surface area contributed by atoms with Crippen LogP contribution >= 0.6 is 11.8 Å². The molecule has 4 rings (SSSR count). The van der Waals surface area contributed by atoms with Crippen LogP contribution in [-0.4, -0.2) is 29.6 Å². The molecule has 31 heavy (non-hydrogen) atoms. The molecule has 1 amide bonds. The molecule has 2 aromatic carbocycles. The summed E-state index contributed by atoms with van der Waals surface area (Å²) in [5.41, 5.74) is 2.12. The largest absolute Gasteiger partial charge is 0.493 e. The third kappa shape index (κ3) is 4.59. The topological polar surface area (TPSA) is 93.3 Å². The number of carbonyl (C=O) groups is 1. The van der Waals surface area contributed by atoms with Crippen LogP contribution in [0, 0.1) is 0 Å². The number of hydrogen-bond donors (Lipinski definition) is 2. The van der Waals surface area contributed by atoms with Gasteiger partial charge in [-0.15, -0.1) is 0 Å². The molecule has 7 nitrogen and oxygen atoms in total. The van der Waals surface area contributed by atoms with Crippen molar-refractivity contribution in [2.75, 3.05) is 19.0 Å². The Labute approximate surface area is 184 Å². The van der Waals surface area contributed by atoms with Gasteiger partial charge in [-0.1, -0.05) is 48.2 Å². The summed E-state index contributed by atoms with van der Waals surface area (Å²) < 4.78 is 11.0. The number of thioether (sulfide) groups is 1. The van der Waals surface area contributed by atoms with Crippen molar-refractivity contribution in [3.05, 3.63) is 75.6 Å². The number of anilines is 1. The maximum Gasteiger partial charge on any atom is 0.257 e. The Bertz CT molecular complexity index is 1150. The second-order valence-electron chi connectivity index (χ2n) is 7.06. The van der Waals surface area contributed by atoms with Crippen LogP contribution in [-0.2, 0) is 10.5 Å². The molecule has 0 saturated carbocycles. The zero-order valence-electron chi connectivity index (χ0n) is 17.3. The highest BCUT2D eigenvalue weighted by Gasteiger charge is 2.31. The van der Waals surface area contributed by atoms with E-state index in [1.807, 2.05) is 49.4 Å². The molecule has 3 aromatic rings. The molecule has 2 N–H and O–H groups in total. The van der Waals surface area contributed by atoms with Crippen LogP contribution < -0.4 is 20.3 Å². The number of methoxy groups -OCH3 is 1. The molecule has 1 unspecified atom stereocenters. The summed E-state index contributed by atoms with van der Waals surface area (Å²) in [7, 11) is 1.56. The van der Waals surface area contributed by atoms with Crippen molar-refractivity contribution in [3.63, 3.8) is 0 Å². The Kier molecular flexibility index (Phi) is 6.27. The van der Waals surface area contributed by atoms with E-state index in [9.17, 15) is 9.59 Å². The van der Waals surface area contributed by atoms with E-state index in [0.29, 0.717) is 40.4 Å². The zero-order chi connectivity index (χ0) is 21.8. The second kappa shape index (κ2) is 9.26. The van der Waals surface area contributed by atoms with Crippen molar-refractivity contribution in [2.24, 2.45) is 0 Å².